The Bertz CT molecular complexity index is 470. The number of hydrogen-bond donors (Lipinski definition) is 1. The van der Waals surface area contributed by atoms with Gasteiger partial charge in [-0.05, 0) is 31.2 Å². The SMILES string of the molecule is CCN(c1cccc(F)c1)c1ccnc(N)n1. The van der Waals surface area contributed by atoms with Crippen molar-refractivity contribution in [2.24, 2.45) is 0 Å². The van der Waals surface area contributed by atoms with Crippen LogP contribution in [-0.4, -0.2) is 16.5 Å². The van der Waals surface area contributed by atoms with Crippen LogP contribution >= 0.6 is 0 Å². The van der Waals surface area contributed by atoms with Gasteiger partial charge < -0.3 is 10.6 Å². The molecule has 0 spiro atoms. The highest BCUT2D eigenvalue weighted by atomic mass is 19.1. The van der Waals surface area contributed by atoms with E-state index < -0.39 is 0 Å². The van der Waals surface area contributed by atoms with Gasteiger partial charge in [0.05, 0.1) is 0 Å². The van der Waals surface area contributed by atoms with E-state index in [9.17, 15) is 4.39 Å². The first-order valence-electron chi connectivity index (χ1n) is 5.32. The van der Waals surface area contributed by atoms with Crippen molar-refractivity contribution in [3.05, 3.63) is 42.3 Å². The van der Waals surface area contributed by atoms with Gasteiger partial charge >= 0.3 is 0 Å². The largest absolute Gasteiger partial charge is 0.368 e. The van der Waals surface area contributed by atoms with Crippen LogP contribution in [0.3, 0.4) is 0 Å². The molecule has 0 radical (unpaired) electrons. The Kier molecular flexibility index (Phi) is 3.18. The van der Waals surface area contributed by atoms with E-state index in [1.165, 1.54) is 12.1 Å². The summed E-state index contributed by atoms with van der Waals surface area (Å²) < 4.78 is 13.2. The second-order valence-electron chi connectivity index (χ2n) is 3.50. The summed E-state index contributed by atoms with van der Waals surface area (Å²) in [5.74, 6) is 0.589. The molecule has 0 saturated heterocycles. The zero-order chi connectivity index (χ0) is 12.3. The van der Waals surface area contributed by atoms with E-state index in [0.717, 1.165) is 5.69 Å². The Morgan fingerprint density at radius 3 is 2.82 bits per heavy atom. The standard InChI is InChI=1S/C12H13FN4/c1-2-17(10-5-3-4-9(13)8-10)11-6-7-15-12(14)16-11/h3-8H,2H2,1H3,(H2,14,15,16). The molecule has 88 valence electrons. The predicted octanol–water partition coefficient (Wildman–Crippen LogP) is 2.36. The lowest BCUT2D eigenvalue weighted by Crippen LogP contribution is -2.18. The first-order valence-corrected chi connectivity index (χ1v) is 5.32. The lowest BCUT2D eigenvalue weighted by atomic mass is 10.2. The number of nitrogens with zero attached hydrogens (tertiary/aromatic N) is 3. The number of halogens is 1. The Morgan fingerprint density at radius 2 is 2.18 bits per heavy atom. The lowest BCUT2D eigenvalue weighted by Gasteiger charge is -2.21. The maximum atomic E-state index is 13.2. The average molecular weight is 232 g/mol. The summed E-state index contributed by atoms with van der Waals surface area (Å²) >= 11 is 0. The van der Waals surface area contributed by atoms with E-state index in [-0.39, 0.29) is 11.8 Å². The molecule has 1 aromatic heterocycles. The molecule has 0 aliphatic rings. The third kappa shape index (κ3) is 2.50. The number of rotatable bonds is 3. The molecule has 17 heavy (non-hydrogen) atoms. The lowest BCUT2D eigenvalue weighted by molar-refractivity contribution is 0.627. The summed E-state index contributed by atoms with van der Waals surface area (Å²) in [6.45, 7) is 2.63. The molecular formula is C12H13FN4. The van der Waals surface area contributed by atoms with Gasteiger partial charge in [-0.15, -0.1) is 0 Å². The van der Waals surface area contributed by atoms with Crippen LogP contribution in [-0.2, 0) is 0 Å². The fourth-order valence-electron chi connectivity index (χ4n) is 1.63. The van der Waals surface area contributed by atoms with Gasteiger partial charge in [0.15, 0.2) is 0 Å². The molecule has 4 nitrogen and oxygen atoms in total. The molecule has 2 N–H and O–H groups in total. The monoisotopic (exact) mass is 232 g/mol. The van der Waals surface area contributed by atoms with Crippen molar-refractivity contribution in [2.45, 2.75) is 6.92 Å². The first kappa shape index (κ1) is 11.3. The first-order chi connectivity index (χ1) is 8.20. The quantitative estimate of drug-likeness (QED) is 0.882. The Hall–Kier alpha value is -2.17. The fourth-order valence-corrected chi connectivity index (χ4v) is 1.63. The van der Waals surface area contributed by atoms with Crippen LogP contribution in [0.25, 0.3) is 0 Å². The van der Waals surface area contributed by atoms with Crippen LogP contribution in [0.1, 0.15) is 6.92 Å². The van der Waals surface area contributed by atoms with E-state index in [1.807, 2.05) is 17.9 Å². The van der Waals surface area contributed by atoms with Gasteiger partial charge in [0.1, 0.15) is 11.6 Å². The number of aromatic nitrogens is 2. The van der Waals surface area contributed by atoms with Crippen LogP contribution in [0.4, 0.5) is 21.8 Å². The molecule has 1 aromatic carbocycles. The molecule has 0 atom stereocenters. The average Bonchev–Trinajstić information content (AvgIpc) is 2.30. The zero-order valence-electron chi connectivity index (χ0n) is 9.47. The van der Waals surface area contributed by atoms with Crippen LogP contribution in [0.5, 0.6) is 0 Å². The van der Waals surface area contributed by atoms with Gasteiger partial charge in [-0.2, -0.15) is 4.98 Å². The van der Waals surface area contributed by atoms with E-state index >= 15 is 0 Å². The van der Waals surface area contributed by atoms with Gasteiger partial charge in [-0.3, -0.25) is 0 Å². The van der Waals surface area contributed by atoms with Crippen molar-refractivity contribution >= 4 is 17.5 Å². The summed E-state index contributed by atoms with van der Waals surface area (Å²) in [6.07, 6.45) is 1.58. The topological polar surface area (TPSA) is 55.0 Å². The minimum absolute atomic E-state index is 0.206. The van der Waals surface area contributed by atoms with Crippen LogP contribution < -0.4 is 10.6 Å². The molecule has 0 bridgehead atoms. The molecular weight excluding hydrogens is 219 g/mol. The second-order valence-corrected chi connectivity index (χ2v) is 3.50. The van der Waals surface area contributed by atoms with Crippen molar-refractivity contribution in [1.82, 2.24) is 9.97 Å². The maximum absolute atomic E-state index is 13.2. The summed E-state index contributed by atoms with van der Waals surface area (Å²) in [6, 6.07) is 8.10. The fraction of sp³-hybridized carbons (Fsp3) is 0.167. The molecule has 0 amide bonds. The van der Waals surface area contributed by atoms with Gasteiger partial charge in [0.25, 0.3) is 0 Å². The second kappa shape index (κ2) is 4.78. The van der Waals surface area contributed by atoms with E-state index in [1.54, 1.807) is 18.3 Å². The minimum atomic E-state index is -0.275. The number of anilines is 3. The zero-order valence-corrected chi connectivity index (χ0v) is 9.47. The van der Waals surface area contributed by atoms with Crippen LogP contribution in [0.2, 0.25) is 0 Å². The molecule has 2 rings (SSSR count). The number of nitrogen functional groups attached to an aromatic ring is 1. The van der Waals surface area contributed by atoms with Gasteiger partial charge in [-0.1, -0.05) is 6.07 Å². The normalized spacial score (nSPS) is 10.2. The molecule has 5 heteroatoms. The van der Waals surface area contributed by atoms with Crippen molar-refractivity contribution in [3.63, 3.8) is 0 Å². The molecule has 1 heterocycles. The highest BCUT2D eigenvalue weighted by Gasteiger charge is 2.09. The highest BCUT2D eigenvalue weighted by molar-refractivity contribution is 5.60. The third-order valence-electron chi connectivity index (χ3n) is 2.37. The highest BCUT2D eigenvalue weighted by Crippen LogP contribution is 2.23. The minimum Gasteiger partial charge on any atom is -0.368 e. The number of hydrogen-bond acceptors (Lipinski definition) is 4. The predicted molar refractivity (Wildman–Crippen MR) is 65.5 cm³/mol. The Morgan fingerprint density at radius 1 is 1.35 bits per heavy atom. The molecule has 0 aliphatic heterocycles. The molecule has 0 fully saturated rings. The smallest absolute Gasteiger partial charge is 0.221 e. The van der Waals surface area contributed by atoms with Crippen LogP contribution in [0.15, 0.2) is 36.5 Å². The third-order valence-corrected chi connectivity index (χ3v) is 2.37. The summed E-state index contributed by atoms with van der Waals surface area (Å²) in [5.41, 5.74) is 6.28. The van der Waals surface area contributed by atoms with Crippen LogP contribution in [0, 0.1) is 5.82 Å². The van der Waals surface area contributed by atoms with E-state index in [4.69, 9.17) is 5.73 Å². The van der Waals surface area contributed by atoms with E-state index in [0.29, 0.717) is 12.4 Å². The maximum Gasteiger partial charge on any atom is 0.221 e. The summed E-state index contributed by atoms with van der Waals surface area (Å²) in [5, 5.41) is 0. The van der Waals surface area contributed by atoms with Crippen molar-refractivity contribution < 1.29 is 4.39 Å². The number of benzene rings is 1. The summed E-state index contributed by atoms with van der Waals surface area (Å²) in [7, 11) is 0. The Balaban J connectivity index is 2.40. The summed E-state index contributed by atoms with van der Waals surface area (Å²) in [4.78, 5) is 9.82. The van der Waals surface area contributed by atoms with Crippen molar-refractivity contribution in [3.8, 4) is 0 Å². The molecule has 0 saturated carbocycles. The van der Waals surface area contributed by atoms with Gasteiger partial charge in [0, 0.05) is 18.4 Å². The van der Waals surface area contributed by atoms with E-state index in [2.05, 4.69) is 9.97 Å². The van der Waals surface area contributed by atoms with Crippen molar-refractivity contribution in [1.29, 1.82) is 0 Å². The molecule has 0 unspecified atom stereocenters. The van der Waals surface area contributed by atoms with Gasteiger partial charge in [0.2, 0.25) is 5.95 Å². The van der Waals surface area contributed by atoms with Gasteiger partial charge in [-0.25, -0.2) is 9.37 Å². The molecule has 0 aliphatic carbocycles. The van der Waals surface area contributed by atoms with Crippen molar-refractivity contribution in [2.75, 3.05) is 17.2 Å². The number of nitrogens with two attached hydrogens (primary N) is 1. The molecule has 2 aromatic rings. The Labute approximate surface area is 98.9 Å².